The molecule has 0 fully saturated rings. The zero-order valence-corrected chi connectivity index (χ0v) is 17.1. The van der Waals surface area contributed by atoms with Crippen LogP contribution in [-0.2, 0) is 11.3 Å². The third-order valence-electron chi connectivity index (χ3n) is 4.74. The first-order valence-corrected chi connectivity index (χ1v) is 9.68. The van der Waals surface area contributed by atoms with Gasteiger partial charge >= 0.3 is 5.82 Å². The SMILES string of the molecule is CCN(CC)C(CNC(=O)CCn1cc([N+](=O)[O-])nc1C)c1ccccc1Cl. The molecule has 9 heteroatoms. The molecule has 1 atom stereocenters. The van der Waals surface area contributed by atoms with Gasteiger partial charge in [0.1, 0.15) is 6.20 Å². The van der Waals surface area contributed by atoms with Crippen LogP contribution in [0.25, 0.3) is 0 Å². The van der Waals surface area contributed by atoms with Gasteiger partial charge < -0.3 is 20.0 Å². The van der Waals surface area contributed by atoms with Crippen LogP contribution in [0.4, 0.5) is 5.82 Å². The van der Waals surface area contributed by atoms with E-state index in [0.29, 0.717) is 23.9 Å². The van der Waals surface area contributed by atoms with Gasteiger partial charge in [0.2, 0.25) is 11.7 Å². The van der Waals surface area contributed by atoms with Crippen molar-refractivity contribution in [2.24, 2.45) is 0 Å². The quantitative estimate of drug-likeness (QED) is 0.481. The molecule has 152 valence electrons. The van der Waals surface area contributed by atoms with Crippen LogP contribution < -0.4 is 5.32 Å². The third-order valence-corrected chi connectivity index (χ3v) is 5.08. The topological polar surface area (TPSA) is 93.3 Å². The summed E-state index contributed by atoms with van der Waals surface area (Å²) in [5.41, 5.74) is 0.981. The summed E-state index contributed by atoms with van der Waals surface area (Å²) < 4.78 is 1.62. The first-order valence-electron chi connectivity index (χ1n) is 9.30. The number of hydrogen-bond donors (Lipinski definition) is 1. The number of halogens is 1. The molecule has 0 spiro atoms. The highest BCUT2D eigenvalue weighted by Crippen LogP contribution is 2.27. The van der Waals surface area contributed by atoms with Gasteiger partial charge in [-0.2, -0.15) is 0 Å². The van der Waals surface area contributed by atoms with Crippen LogP contribution in [0.1, 0.15) is 37.7 Å². The lowest BCUT2D eigenvalue weighted by molar-refractivity contribution is -0.389. The number of carbonyl (C=O) groups excluding carboxylic acids is 1. The van der Waals surface area contributed by atoms with Gasteiger partial charge in [0, 0.05) is 31.5 Å². The number of amides is 1. The van der Waals surface area contributed by atoms with E-state index in [0.717, 1.165) is 18.7 Å². The van der Waals surface area contributed by atoms with Crippen LogP contribution >= 0.6 is 11.6 Å². The molecule has 0 saturated carbocycles. The van der Waals surface area contributed by atoms with Gasteiger partial charge in [0.05, 0.1) is 6.04 Å². The van der Waals surface area contributed by atoms with Crippen molar-refractivity contribution in [2.75, 3.05) is 19.6 Å². The second-order valence-corrected chi connectivity index (χ2v) is 6.82. The number of nitrogens with one attached hydrogen (secondary N) is 1. The van der Waals surface area contributed by atoms with Gasteiger partial charge in [-0.15, -0.1) is 0 Å². The van der Waals surface area contributed by atoms with E-state index in [2.05, 4.69) is 29.0 Å². The van der Waals surface area contributed by atoms with E-state index < -0.39 is 4.92 Å². The third kappa shape index (κ3) is 5.53. The Kier molecular flexibility index (Phi) is 7.95. The number of likely N-dealkylation sites (N-methyl/N-ethyl adjacent to an activating group) is 1. The van der Waals surface area contributed by atoms with E-state index >= 15 is 0 Å². The molecule has 0 saturated heterocycles. The van der Waals surface area contributed by atoms with Gasteiger partial charge in [-0.25, -0.2) is 0 Å². The minimum atomic E-state index is -0.540. The molecule has 1 aromatic carbocycles. The van der Waals surface area contributed by atoms with Crippen molar-refractivity contribution in [3.8, 4) is 0 Å². The summed E-state index contributed by atoms with van der Waals surface area (Å²) in [6.45, 7) is 8.26. The maximum Gasteiger partial charge on any atom is 0.381 e. The number of aromatic nitrogens is 2. The molecule has 0 aliphatic rings. The fourth-order valence-electron chi connectivity index (χ4n) is 3.17. The Morgan fingerprint density at radius 1 is 1.36 bits per heavy atom. The van der Waals surface area contributed by atoms with Crippen molar-refractivity contribution in [1.29, 1.82) is 0 Å². The molecule has 1 heterocycles. The number of rotatable bonds is 10. The molecule has 1 amide bonds. The number of aryl methyl sites for hydroxylation is 2. The molecule has 0 bridgehead atoms. The maximum atomic E-state index is 12.4. The highest BCUT2D eigenvalue weighted by Gasteiger charge is 2.21. The first kappa shape index (κ1) is 21.8. The smallest absolute Gasteiger partial charge is 0.358 e. The molecule has 0 aliphatic heterocycles. The molecule has 1 aromatic heterocycles. The largest absolute Gasteiger partial charge is 0.381 e. The van der Waals surface area contributed by atoms with Gasteiger partial charge in [-0.1, -0.05) is 43.6 Å². The predicted octanol–water partition coefficient (Wildman–Crippen LogP) is 3.34. The molecule has 0 radical (unpaired) electrons. The molecule has 8 nitrogen and oxygen atoms in total. The second kappa shape index (κ2) is 10.2. The highest BCUT2D eigenvalue weighted by molar-refractivity contribution is 6.31. The number of imidazole rings is 1. The van der Waals surface area contributed by atoms with Gasteiger partial charge in [-0.3, -0.25) is 9.69 Å². The molecule has 1 unspecified atom stereocenters. The Balaban J connectivity index is 1.99. The second-order valence-electron chi connectivity index (χ2n) is 6.41. The molecule has 28 heavy (non-hydrogen) atoms. The summed E-state index contributed by atoms with van der Waals surface area (Å²) in [6.07, 6.45) is 1.56. The minimum Gasteiger partial charge on any atom is -0.358 e. The number of nitrogens with zero attached hydrogens (tertiary/aromatic N) is 4. The number of benzene rings is 1. The monoisotopic (exact) mass is 407 g/mol. The summed E-state index contributed by atoms with van der Waals surface area (Å²) in [7, 11) is 0. The van der Waals surface area contributed by atoms with Gasteiger partial charge in [0.25, 0.3) is 0 Å². The lowest BCUT2D eigenvalue weighted by atomic mass is 10.0. The van der Waals surface area contributed by atoms with E-state index in [1.54, 1.807) is 11.5 Å². The molecular weight excluding hydrogens is 382 g/mol. The Morgan fingerprint density at radius 2 is 2.04 bits per heavy atom. The fourth-order valence-corrected chi connectivity index (χ4v) is 3.43. The van der Waals surface area contributed by atoms with E-state index in [4.69, 9.17) is 11.6 Å². The zero-order chi connectivity index (χ0) is 20.7. The molecule has 2 rings (SSSR count). The van der Waals surface area contributed by atoms with Crippen LogP contribution in [0.15, 0.2) is 30.5 Å². The van der Waals surface area contributed by atoms with E-state index in [1.807, 2.05) is 24.3 Å². The van der Waals surface area contributed by atoms with Crippen molar-refractivity contribution in [3.63, 3.8) is 0 Å². The Morgan fingerprint density at radius 3 is 2.61 bits per heavy atom. The van der Waals surface area contributed by atoms with E-state index in [9.17, 15) is 14.9 Å². The minimum absolute atomic E-state index is 0.0243. The Bertz CT molecular complexity index is 820. The summed E-state index contributed by atoms with van der Waals surface area (Å²) in [4.78, 5) is 28.7. The van der Waals surface area contributed by atoms with Crippen LogP contribution in [0.3, 0.4) is 0 Å². The standard InChI is InChI=1S/C19H26ClN5O3/c1-4-23(5-2)17(15-8-6-7-9-16(15)20)12-21-19(26)10-11-24-13-18(25(27)28)22-14(24)3/h6-9,13,17H,4-5,10-12H2,1-3H3,(H,21,26). The Hall–Kier alpha value is -2.45. The van der Waals surface area contributed by atoms with Crippen molar-refractivity contribution < 1.29 is 9.72 Å². The molecular formula is C19H26ClN5O3. The van der Waals surface area contributed by atoms with Crippen molar-refractivity contribution in [2.45, 2.75) is 39.8 Å². The summed E-state index contributed by atoms with van der Waals surface area (Å²) in [6, 6.07) is 7.63. The number of carbonyl (C=O) groups is 1. The summed E-state index contributed by atoms with van der Waals surface area (Å²) in [5.74, 6) is 0.176. The van der Waals surface area contributed by atoms with Gasteiger partial charge in [0.15, 0.2) is 0 Å². The van der Waals surface area contributed by atoms with Crippen LogP contribution in [0.2, 0.25) is 5.02 Å². The lowest BCUT2D eigenvalue weighted by Gasteiger charge is -2.31. The van der Waals surface area contributed by atoms with Crippen LogP contribution in [-0.4, -0.2) is 44.9 Å². The molecule has 2 aromatic rings. The molecule has 0 aliphatic carbocycles. The summed E-state index contributed by atoms with van der Waals surface area (Å²) in [5, 5.41) is 14.4. The van der Waals surface area contributed by atoms with Crippen molar-refractivity contribution in [3.05, 3.63) is 57.0 Å². The molecule has 1 N–H and O–H groups in total. The zero-order valence-electron chi connectivity index (χ0n) is 16.4. The van der Waals surface area contributed by atoms with Crippen molar-refractivity contribution >= 4 is 23.3 Å². The van der Waals surface area contributed by atoms with E-state index in [1.165, 1.54) is 6.20 Å². The van der Waals surface area contributed by atoms with Crippen LogP contribution in [0, 0.1) is 17.0 Å². The average Bonchev–Trinajstić information content (AvgIpc) is 3.05. The Labute approximate surface area is 169 Å². The average molecular weight is 408 g/mol. The summed E-state index contributed by atoms with van der Waals surface area (Å²) >= 11 is 6.37. The maximum absolute atomic E-state index is 12.4. The van der Waals surface area contributed by atoms with Gasteiger partial charge in [-0.05, 0) is 34.6 Å². The fraction of sp³-hybridized carbons (Fsp3) is 0.474. The highest BCUT2D eigenvalue weighted by atomic mass is 35.5. The van der Waals surface area contributed by atoms with Crippen molar-refractivity contribution in [1.82, 2.24) is 19.8 Å². The number of hydrogen-bond acceptors (Lipinski definition) is 5. The number of nitro groups is 1. The predicted molar refractivity (Wildman–Crippen MR) is 108 cm³/mol. The lowest BCUT2D eigenvalue weighted by Crippen LogP contribution is -2.38. The van der Waals surface area contributed by atoms with E-state index in [-0.39, 0.29) is 24.2 Å². The normalized spacial score (nSPS) is 12.2. The first-order chi connectivity index (χ1) is 13.4. The van der Waals surface area contributed by atoms with Crippen LogP contribution in [0.5, 0.6) is 0 Å².